The fraction of sp³-hybridized carbons (Fsp3) is 0.545. The first kappa shape index (κ1) is 10.2. The lowest BCUT2D eigenvalue weighted by Gasteiger charge is -2.11. The topological polar surface area (TPSA) is 22.1 Å². The van der Waals surface area contributed by atoms with E-state index in [4.69, 9.17) is 4.74 Å². The van der Waals surface area contributed by atoms with E-state index < -0.39 is 0 Å². The van der Waals surface area contributed by atoms with Crippen LogP contribution in [-0.4, -0.2) is 11.6 Å². The van der Waals surface area contributed by atoms with Crippen LogP contribution in [0.1, 0.15) is 38.5 Å². The van der Waals surface area contributed by atoms with Crippen LogP contribution in [0.5, 0.6) is 0 Å². The predicted octanol–water partition coefficient (Wildman–Crippen LogP) is 2.96. The summed E-state index contributed by atoms with van der Waals surface area (Å²) in [7, 11) is 0. The number of nitrogens with zero attached hydrogens (tertiary/aromatic N) is 1. The van der Waals surface area contributed by atoms with Gasteiger partial charge in [0.2, 0.25) is 0 Å². The van der Waals surface area contributed by atoms with Crippen molar-refractivity contribution in [1.29, 1.82) is 0 Å². The van der Waals surface area contributed by atoms with E-state index in [2.05, 4.69) is 11.9 Å². The molecule has 2 nitrogen and oxygen atoms in total. The van der Waals surface area contributed by atoms with Gasteiger partial charge in [0.1, 0.15) is 0 Å². The van der Waals surface area contributed by atoms with Crippen molar-refractivity contribution in [2.24, 2.45) is 0 Å². The maximum Gasteiger partial charge on any atom is 0.0966 e. The van der Waals surface area contributed by atoms with Crippen LogP contribution in [0.2, 0.25) is 0 Å². The van der Waals surface area contributed by atoms with E-state index in [0.29, 0.717) is 0 Å². The molecule has 0 spiro atoms. The van der Waals surface area contributed by atoms with Gasteiger partial charge in [-0.2, -0.15) is 0 Å². The van der Waals surface area contributed by atoms with E-state index in [0.717, 1.165) is 18.7 Å². The Balaban J connectivity index is 2.35. The van der Waals surface area contributed by atoms with Gasteiger partial charge in [-0.3, -0.25) is 4.98 Å². The maximum atomic E-state index is 5.61. The molecule has 1 aromatic rings. The van der Waals surface area contributed by atoms with Crippen molar-refractivity contribution in [3.63, 3.8) is 0 Å². The molecule has 1 aromatic heterocycles. The van der Waals surface area contributed by atoms with Crippen molar-refractivity contribution in [2.45, 2.75) is 32.8 Å². The lowest BCUT2D eigenvalue weighted by Crippen LogP contribution is -2.03. The van der Waals surface area contributed by atoms with Gasteiger partial charge in [0.15, 0.2) is 0 Å². The lowest BCUT2D eigenvalue weighted by atomic mass is 10.2. The zero-order chi connectivity index (χ0) is 9.52. The second-order valence-electron chi connectivity index (χ2n) is 3.12. The van der Waals surface area contributed by atoms with Gasteiger partial charge in [0, 0.05) is 12.8 Å². The average molecular weight is 179 g/mol. The molecule has 0 aliphatic rings. The molecule has 0 fully saturated rings. The first-order valence-electron chi connectivity index (χ1n) is 4.87. The van der Waals surface area contributed by atoms with Gasteiger partial charge < -0.3 is 4.74 Å². The molecule has 1 heterocycles. The van der Waals surface area contributed by atoms with Crippen molar-refractivity contribution >= 4 is 0 Å². The highest BCUT2D eigenvalue weighted by atomic mass is 16.5. The van der Waals surface area contributed by atoms with E-state index in [1.54, 1.807) is 6.20 Å². The normalized spacial score (nSPS) is 12.8. The highest BCUT2D eigenvalue weighted by Gasteiger charge is 2.04. The minimum atomic E-state index is 0.118. The summed E-state index contributed by atoms with van der Waals surface area (Å²) in [5.41, 5.74) is 1.01. The zero-order valence-corrected chi connectivity index (χ0v) is 8.36. The van der Waals surface area contributed by atoms with Gasteiger partial charge in [0.05, 0.1) is 11.8 Å². The number of pyridine rings is 1. The first-order chi connectivity index (χ1) is 6.34. The molecule has 0 amide bonds. The van der Waals surface area contributed by atoms with E-state index in [-0.39, 0.29) is 6.10 Å². The number of ether oxygens (including phenoxy) is 1. The minimum Gasteiger partial charge on any atom is -0.372 e. The molecule has 13 heavy (non-hydrogen) atoms. The molecule has 0 radical (unpaired) electrons. The molecule has 0 aliphatic heterocycles. The Morgan fingerprint density at radius 3 is 2.92 bits per heavy atom. The van der Waals surface area contributed by atoms with Crippen molar-refractivity contribution < 1.29 is 4.74 Å². The van der Waals surface area contributed by atoms with Crippen LogP contribution in [0, 0.1) is 0 Å². The van der Waals surface area contributed by atoms with Crippen molar-refractivity contribution in [1.82, 2.24) is 4.98 Å². The smallest absolute Gasteiger partial charge is 0.0966 e. The summed E-state index contributed by atoms with van der Waals surface area (Å²) >= 11 is 0. The van der Waals surface area contributed by atoms with E-state index in [1.165, 1.54) is 6.42 Å². The Morgan fingerprint density at radius 2 is 2.31 bits per heavy atom. The zero-order valence-electron chi connectivity index (χ0n) is 8.36. The summed E-state index contributed by atoms with van der Waals surface area (Å²) in [5, 5.41) is 0. The third kappa shape index (κ3) is 3.55. The first-order valence-corrected chi connectivity index (χ1v) is 4.87. The molecule has 2 heteroatoms. The summed E-state index contributed by atoms with van der Waals surface area (Å²) in [6.07, 6.45) is 4.22. The number of rotatable bonds is 5. The third-order valence-corrected chi connectivity index (χ3v) is 1.97. The summed E-state index contributed by atoms with van der Waals surface area (Å²) in [6.45, 7) is 5.03. The van der Waals surface area contributed by atoms with Crippen molar-refractivity contribution in [3.8, 4) is 0 Å². The van der Waals surface area contributed by atoms with Gasteiger partial charge in [-0.1, -0.05) is 19.4 Å². The number of hydrogen-bond donors (Lipinski definition) is 0. The Bertz CT molecular complexity index is 223. The molecule has 1 atom stereocenters. The van der Waals surface area contributed by atoms with Crippen LogP contribution < -0.4 is 0 Å². The number of hydrogen-bond acceptors (Lipinski definition) is 2. The molecule has 0 saturated carbocycles. The second kappa shape index (κ2) is 5.70. The quantitative estimate of drug-likeness (QED) is 0.648. The molecule has 0 bridgehead atoms. The SMILES string of the molecule is CCCCOC(C)c1ccccn1. The monoisotopic (exact) mass is 179 g/mol. The third-order valence-electron chi connectivity index (χ3n) is 1.97. The summed E-state index contributed by atoms with van der Waals surface area (Å²) in [4.78, 5) is 4.23. The molecule has 0 aliphatic carbocycles. The fourth-order valence-corrected chi connectivity index (χ4v) is 1.11. The summed E-state index contributed by atoms with van der Waals surface area (Å²) in [6, 6.07) is 5.90. The van der Waals surface area contributed by atoms with Gasteiger partial charge >= 0.3 is 0 Å². The number of unbranched alkanes of at least 4 members (excludes halogenated alkanes) is 1. The molecule has 0 N–H and O–H groups in total. The number of aromatic nitrogens is 1. The van der Waals surface area contributed by atoms with Crippen LogP contribution >= 0.6 is 0 Å². The van der Waals surface area contributed by atoms with Gasteiger partial charge in [0.25, 0.3) is 0 Å². The fourth-order valence-electron chi connectivity index (χ4n) is 1.11. The average Bonchev–Trinajstić information content (AvgIpc) is 2.19. The molecule has 0 saturated heterocycles. The van der Waals surface area contributed by atoms with Crippen LogP contribution in [0.15, 0.2) is 24.4 Å². The standard InChI is InChI=1S/C11H17NO/c1-3-4-9-13-10(2)11-7-5-6-8-12-11/h5-8,10H,3-4,9H2,1-2H3. The van der Waals surface area contributed by atoms with E-state index >= 15 is 0 Å². The van der Waals surface area contributed by atoms with Crippen LogP contribution in [0.4, 0.5) is 0 Å². The van der Waals surface area contributed by atoms with Crippen molar-refractivity contribution in [2.75, 3.05) is 6.61 Å². The predicted molar refractivity (Wildman–Crippen MR) is 53.5 cm³/mol. The highest BCUT2D eigenvalue weighted by molar-refractivity contribution is 5.05. The Morgan fingerprint density at radius 1 is 1.46 bits per heavy atom. The Labute approximate surface area is 80.0 Å². The molecule has 1 rings (SSSR count). The summed E-state index contributed by atoms with van der Waals surface area (Å²) < 4.78 is 5.61. The van der Waals surface area contributed by atoms with Gasteiger partial charge in [-0.25, -0.2) is 0 Å². The lowest BCUT2D eigenvalue weighted by molar-refractivity contribution is 0.0608. The van der Waals surface area contributed by atoms with Crippen LogP contribution in [0.3, 0.4) is 0 Å². The van der Waals surface area contributed by atoms with Gasteiger partial charge in [-0.05, 0) is 25.5 Å². The van der Waals surface area contributed by atoms with Crippen molar-refractivity contribution in [3.05, 3.63) is 30.1 Å². The molecule has 72 valence electrons. The maximum absolute atomic E-state index is 5.61. The minimum absolute atomic E-state index is 0.118. The Kier molecular flexibility index (Phi) is 4.47. The van der Waals surface area contributed by atoms with Gasteiger partial charge in [-0.15, -0.1) is 0 Å². The summed E-state index contributed by atoms with van der Waals surface area (Å²) in [5.74, 6) is 0. The highest BCUT2D eigenvalue weighted by Crippen LogP contribution is 2.13. The second-order valence-corrected chi connectivity index (χ2v) is 3.12. The largest absolute Gasteiger partial charge is 0.372 e. The Hall–Kier alpha value is -0.890. The molecule has 0 aromatic carbocycles. The van der Waals surface area contributed by atoms with Crippen LogP contribution in [0.25, 0.3) is 0 Å². The molecular formula is C11H17NO. The van der Waals surface area contributed by atoms with Crippen LogP contribution in [-0.2, 0) is 4.74 Å². The molecular weight excluding hydrogens is 162 g/mol. The van der Waals surface area contributed by atoms with E-state index in [9.17, 15) is 0 Å². The van der Waals surface area contributed by atoms with E-state index in [1.807, 2.05) is 25.1 Å². The molecule has 1 unspecified atom stereocenters.